The van der Waals surface area contributed by atoms with Crippen LogP contribution in [0.25, 0.3) is 33.3 Å². The van der Waals surface area contributed by atoms with E-state index in [2.05, 4.69) is 84.9 Å². The first-order valence-electron chi connectivity index (χ1n) is 9.82. The standard InChI is InChI=1S/C27H20N2/c1-3-10-20(11-4-1)25-17-9-15-23(28-25)19-27-24-16-8-7-14-22(24)18-26(29-27)21-12-5-2-6-13-21/h1-18H,19H2. The predicted molar refractivity (Wildman–Crippen MR) is 120 cm³/mol. The van der Waals surface area contributed by atoms with Crippen LogP contribution >= 0.6 is 0 Å². The Morgan fingerprint density at radius 1 is 0.517 bits per heavy atom. The lowest BCUT2D eigenvalue weighted by molar-refractivity contribution is 1.03. The summed E-state index contributed by atoms with van der Waals surface area (Å²) in [6.07, 6.45) is 0.696. The van der Waals surface area contributed by atoms with Crippen molar-refractivity contribution < 1.29 is 0 Å². The molecule has 2 heterocycles. The van der Waals surface area contributed by atoms with E-state index < -0.39 is 0 Å². The van der Waals surface area contributed by atoms with E-state index in [9.17, 15) is 0 Å². The summed E-state index contributed by atoms with van der Waals surface area (Å²) < 4.78 is 0. The van der Waals surface area contributed by atoms with Crippen molar-refractivity contribution >= 4 is 10.8 Å². The zero-order chi connectivity index (χ0) is 19.5. The SMILES string of the molecule is c1ccc(-c2cccc(Cc3nc(-c4ccccc4)cc4ccccc34)n2)cc1. The Bertz CT molecular complexity index is 1260. The molecule has 0 saturated carbocycles. The lowest BCUT2D eigenvalue weighted by Crippen LogP contribution is -1.99. The van der Waals surface area contributed by atoms with Crippen molar-refractivity contribution in [1.82, 2.24) is 9.97 Å². The number of fused-ring (bicyclic) bond motifs is 1. The molecule has 0 aliphatic heterocycles. The fraction of sp³-hybridized carbons (Fsp3) is 0.0370. The second-order valence-corrected chi connectivity index (χ2v) is 7.10. The highest BCUT2D eigenvalue weighted by atomic mass is 14.8. The Morgan fingerprint density at radius 3 is 1.93 bits per heavy atom. The summed E-state index contributed by atoms with van der Waals surface area (Å²) in [6, 6.07) is 37.5. The molecule has 0 aliphatic rings. The van der Waals surface area contributed by atoms with Crippen molar-refractivity contribution in [2.24, 2.45) is 0 Å². The lowest BCUT2D eigenvalue weighted by Gasteiger charge is -2.10. The molecular weight excluding hydrogens is 352 g/mol. The maximum absolute atomic E-state index is 5.03. The maximum atomic E-state index is 5.03. The van der Waals surface area contributed by atoms with Gasteiger partial charge in [0.25, 0.3) is 0 Å². The molecule has 5 rings (SSSR count). The van der Waals surface area contributed by atoms with E-state index in [1.54, 1.807) is 0 Å². The highest BCUT2D eigenvalue weighted by Crippen LogP contribution is 2.26. The third kappa shape index (κ3) is 3.65. The zero-order valence-corrected chi connectivity index (χ0v) is 16.0. The van der Waals surface area contributed by atoms with Crippen LogP contribution < -0.4 is 0 Å². The number of rotatable bonds is 4. The molecule has 0 aliphatic carbocycles. The number of pyridine rings is 2. The minimum absolute atomic E-state index is 0.696. The van der Waals surface area contributed by atoms with E-state index in [-0.39, 0.29) is 0 Å². The highest BCUT2D eigenvalue weighted by molar-refractivity contribution is 5.88. The third-order valence-electron chi connectivity index (χ3n) is 5.11. The van der Waals surface area contributed by atoms with Crippen molar-refractivity contribution in [3.8, 4) is 22.5 Å². The Balaban J connectivity index is 1.59. The molecule has 0 saturated heterocycles. The Labute approximate surface area is 170 Å². The van der Waals surface area contributed by atoms with Crippen LogP contribution in [0.15, 0.2) is 109 Å². The van der Waals surface area contributed by atoms with Gasteiger partial charge in [0, 0.05) is 28.6 Å². The van der Waals surface area contributed by atoms with Crippen LogP contribution in [0.3, 0.4) is 0 Å². The van der Waals surface area contributed by atoms with Crippen molar-refractivity contribution in [3.05, 3.63) is 121 Å². The largest absolute Gasteiger partial charge is 0.252 e. The van der Waals surface area contributed by atoms with Gasteiger partial charge in [-0.1, -0.05) is 91.0 Å². The molecule has 29 heavy (non-hydrogen) atoms. The number of hydrogen-bond acceptors (Lipinski definition) is 2. The molecule has 0 atom stereocenters. The topological polar surface area (TPSA) is 25.8 Å². The number of hydrogen-bond donors (Lipinski definition) is 0. The van der Waals surface area contributed by atoms with Crippen molar-refractivity contribution in [2.45, 2.75) is 6.42 Å². The van der Waals surface area contributed by atoms with Crippen molar-refractivity contribution in [2.75, 3.05) is 0 Å². The van der Waals surface area contributed by atoms with Gasteiger partial charge in [-0.3, -0.25) is 9.97 Å². The third-order valence-corrected chi connectivity index (χ3v) is 5.11. The molecule has 0 N–H and O–H groups in total. The quantitative estimate of drug-likeness (QED) is 0.357. The Hall–Kier alpha value is -3.78. The second-order valence-electron chi connectivity index (χ2n) is 7.10. The van der Waals surface area contributed by atoms with Crippen LogP contribution in [-0.2, 0) is 6.42 Å². The van der Waals surface area contributed by atoms with Gasteiger partial charge in [0.05, 0.1) is 17.1 Å². The van der Waals surface area contributed by atoms with Gasteiger partial charge in [-0.2, -0.15) is 0 Å². The van der Waals surface area contributed by atoms with Gasteiger partial charge in [0.2, 0.25) is 0 Å². The molecule has 0 spiro atoms. The summed E-state index contributed by atoms with van der Waals surface area (Å²) in [6.45, 7) is 0. The minimum Gasteiger partial charge on any atom is -0.252 e. The smallest absolute Gasteiger partial charge is 0.0711 e. The monoisotopic (exact) mass is 372 g/mol. The Morgan fingerprint density at radius 2 is 1.17 bits per heavy atom. The van der Waals surface area contributed by atoms with Gasteiger partial charge < -0.3 is 0 Å². The molecule has 138 valence electrons. The molecule has 0 unspecified atom stereocenters. The lowest BCUT2D eigenvalue weighted by atomic mass is 10.0. The molecule has 0 bridgehead atoms. The molecule has 2 heteroatoms. The fourth-order valence-corrected chi connectivity index (χ4v) is 3.68. The van der Waals surface area contributed by atoms with E-state index in [1.165, 1.54) is 10.8 Å². The van der Waals surface area contributed by atoms with Crippen LogP contribution in [0.2, 0.25) is 0 Å². The summed E-state index contributed by atoms with van der Waals surface area (Å²) in [5.74, 6) is 0. The average molecular weight is 372 g/mol. The fourth-order valence-electron chi connectivity index (χ4n) is 3.68. The molecular formula is C27H20N2. The van der Waals surface area contributed by atoms with Crippen molar-refractivity contribution in [1.29, 1.82) is 0 Å². The van der Waals surface area contributed by atoms with Gasteiger partial charge in [0.15, 0.2) is 0 Å². The van der Waals surface area contributed by atoms with Crippen LogP contribution in [0.1, 0.15) is 11.4 Å². The average Bonchev–Trinajstić information content (AvgIpc) is 2.80. The normalized spacial score (nSPS) is 10.9. The van der Waals surface area contributed by atoms with E-state index in [1.807, 2.05) is 24.3 Å². The summed E-state index contributed by atoms with van der Waals surface area (Å²) in [5, 5.41) is 2.38. The molecule has 0 radical (unpaired) electrons. The number of aromatic nitrogens is 2. The molecule has 2 nitrogen and oxygen atoms in total. The van der Waals surface area contributed by atoms with Crippen LogP contribution in [0.5, 0.6) is 0 Å². The summed E-state index contributed by atoms with van der Waals surface area (Å²) in [4.78, 5) is 9.94. The number of benzene rings is 3. The van der Waals surface area contributed by atoms with Gasteiger partial charge in [-0.05, 0) is 23.6 Å². The molecule has 2 aromatic heterocycles. The van der Waals surface area contributed by atoms with Gasteiger partial charge in [0.1, 0.15) is 0 Å². The summed E-state index contributed by atoms with van der Waals surface area (Å²) in [7, 11) is 0. The van der Waals surface area contributed by atoms with E-state index in [4.69, 9.17) is 9.97 Å². The summed E-state index contributed by atoms with van der Waals surface area (Å²) >= 11 is 0. The van der Waals surface area contributed by atoms with Crippen LogP contribution in [0.4, 0.5) is 0 Å². The molecule has 0 amide bonds. The van der Waals surface area contributed by atoms with E-state index in [0.29, 0.717) is 6.42 Å². The van der Waals surface area contributed by atoms with Gasteiger partial charge in [-0.15, -0.1) is 0 Å². The molecule has 5 aromatic rings. The second kappa shape index (κ2) is 7.69. The maximum Gasteiger partial charge on any atom is 0.0711 e. The van der Waals surface area contributed by atoms with Crippen molar-refractivity contribution in [3.63, 3.8) is 0 Å². The van der Waals surface area contributed by atoms with Crippen LogP contribution in [0, 0.1) is 0 Å². The first kappa shape index (κ1) is 17.3. The van der Waals surface area contributed by atoms with Crippen LogP contribution in [-0.4, -0.2) is 9.97 Å². The molecule has 3 aromatic carbocycles. The molecule has 0 fully saturated rings. The van der Waals surface area contributed by atoms with Gasteiger partial charge in [-0.25, -0.2) is 0 Å². The van der Waals surface area contributed by atoms with E-state index >= 15 is 0 Å². The highest BCUT2D eigenvalue weighted by Gasteiger charge is 2.10. The van der Waals surface area contributed by atoms with E-state index in [0.717, 1.165) is 33.9 Å². The zero-order valence-electron chi connectivity index (χ0n) is 16.0. The number of nitrogens with zero attached hydrogens (tertiary/aromatic N) is 2. The summed E-state index contributed by atoms with van der Waals surface area (Å²) in [5.41, 5.74) is 6.33. The first-order chi connectivity index (χ1) is 14.4. The first-order valence-corrected chi connectivity index (χ1v) is 9.82. The minimum atomic E-state index is 0.696. The van der Waals surface area contributed by atoms with Gasteiger partial charge >= 0.3 is 0 Å². The predicted octanol–water partition coefficient (Wildman–Crippen LogP) is 6.55. The Kier molecular flexibility index (Phi) is 4.59.